The van der Waals surface area contributed by atoms with Crippen LogP contribution < -0.4 is 5.32 Å². The van der Waals surface area contributed by atoms with E-state index < -0.39 is 0 Å². The van der Waals surface area contributed by atoms with E-state index in [9.17, 15) is 0 Å². The zero-order chi connectivity index (χ0) is 14.5. The van der Waals surface area contributed by atoms with E-state index in [1.165, 1.54) is 5.56 Å². The average Bonchev–Trinajstić information content (AvgIpc) is 2.45. The van der Waals surface area contributed by atoms with Gasteiger partial charge < -0.3 is 5.32 Å². The molecule has 1 N–H and O–H groups in total. The van der Waals surface area contributed by atoms with Gasteiger partial charge in [-0.3, -0.25) is 0 Å². The predicted molar refractivity (Wildman–Crippen MR) is 88.6 cm³/mol. The first-order valence-electron chi connectivity index (χ1n) is 6.90. The van der Waals surface area contributed by atoms with Gasteiger partial charge in [-0.2, -0.15) is 0 Å². The summed E-state index contributed by atoms with van der Waals surface area (Å²) in [5, 5.41) is 4.84. The van der Waals surface area contributed by atoms with E-state index in [0.29, 0.717) is 16.1 Å². The van der Waals surface area contributed by atoms with Crippen molar-refractivity contribution in [3.8, 4) is 11.1 Å². The Labute approximate surface area is 130 Å². The van der Waals surface area contributed by atoms with Gasteiger partial charge in [0, 0.05) is 21.7 Å². The van der Waals surface area contributed by atoms with Crippen molar-refractivity contribution >= 4 is 23.2 Å². The monoisotopic (exact) mass is 307 g/mol. The minimum Gasteiger partial charge on any atom is -0.310 e. The summed E-state index contributed by atoms with van der Waals surface area (Å²) in [6.45, 7) is 5.37. The standard InChI is InChI=1S/C17H19Cl2N/c1-3-9-20-12(2)13-5-4-6-14(10-13)16-8-7-15(18)11-17(16)19/h4-8,10-12,20H,3,9H2,1-2H3. The number of rotatable bonds is 5. The quantitative estimate of drug-likeness (QED) is 0.744. The fourth-order valence-corrected chi connectivity index (χ4v) is 2.70. The molecule has 1 unspecified atom stereocenters. The van der Waals surface area contributed by atoms with E-state index >= 15 is 0 Å². The first-order chi connectivity index (χ1) is 9.61. The minimum absolute atomic E-state index is 0.334. The minimum atomic E-state index is 0.334. The average molecular weight is 308 g/mol. The van der Waals surface area contributed by atoms with Crippen molar-refractivity contribution in [3.63, 3.8) is 0 Å². The summed E-state index contributed by atoms with van der Waals surface area (Å²) in [5.74, 6) is 0. The Morgan fingerprint density at radius 2 is 1.90 bits per heavy atom. The molecule has 1 nitrogen and oxygen atoms in total. The first-order valence-corrected chi connectivity index (χ1v) is 7.66. The van der Waals surface area contributed by atoms with Gasteiger partial charge >= 0.3 is 0 Å². The first kappa shape index (κ1) is 15.4. The molecule has 20 heavy (non-hydrogen) atoms. The van der Waals surface area contributed by atoms with Gasteiger partial charge in [0.1, 0.15) is 0 Å². The van der Waals surface area contributed by atoms with Gasteiger partial charge in [0.2, 0.25) is 0 Å². The van der Waals surface area contributed by atoms with Gasteiger partial charge in [-0.1, -0.05) is 54.4 Å². The summed E-state index contributed by atoms with van der Waals surface area (Å²) in [6.07, 6.45) is 1.13. The van der Waals surface area contributed by atoms with E-state index in [1.807, 2.05) is 12.1 Å². The second-order valence-corrected chi connectivity index (χ2v) is 5.77. The van der Waals surface area contributed by atoms with Crippen LogP contribution in [-0.4, -0.2) is 6.54 Å². The van der Waals surface area contributed by atoms with Crippen molar-refractivity contribution in [1.82, 2.24) is 5.32 Å². The molecule has 0 fully saturated rings. The van der Waals surface area contributed by atoms with E-state index in [0.717, 1.165) is 24.1 Å². The number of benzene rings is 2. The second-order valence-electron chi connectivity index (χ2n) is 4.93. The largest absolute Gasteiger partial charge is 0.310 e. The van der Waals surface area contributed by atoms with Crippen molar-refractivity contribution in [2.75, 3.05) is 6.54 Å². The molecule has 106 valence electrons. The van der Waals surface area contributed by atoms with Gasteiger partial charge in [-0.15, -0.1) is 0 Å². The van der Waals surface area contributed by atoms with Crippen molar-refractivity contribution in [2.45, 2.75) is 26.3 Å². The molecule has 0 saturated carbocycles. The highest BCUT2D eigenvalue weighted by Gasteiger charge is 2.08. The van der Waals surface area contributed by atoms with Gasteiger partial charge in [0.25, 0.3) is 0 Å². The molecule has 0 aromatic heterocycles. The lowest BCUT2D eigenvalue weighted by molar-refractivity contribution is 0.571. The number of halogens is 2. The molecular formula is C17H19Cl2N. The van der Waals surface area contributed by atoms with Crippen LogP contribution in [0.25, 0.3) is 11.1 Å². The number of nitrogens with one attached hydrogen (secondary N) is 1. The third-order valence-corrected chi connectivity index (χ3v) is 3.88. The van der Waals surface area contributed by atoms with Gasteiger partial charge in [-0.25, -0.2) is 0 Å². The highest BCUT2D eigenvalue weighted by Crippen LogP contribution is 2.31. The molecule has 0 radical (unpaired) electrons. The van der Waals surface area contributed by atoms with Crippen LogP contribution in [0.3, 0.4) is 0 Å². The predicted octanol–water partition coefficient (Wildman–Crippen LogP) is 5.72. The van der Waals surface area contributed by atoms with Crippen LogP contribution in [0, 0.1) is 0 Å². The van der Waals surface area contributed by atoms with Crippen molar-refractivity contribution in [3.05, 3.63) is 58.1 Å². The van der Waals surface area contributed by atoms with Crippen LogP contribution >= 0.6 is 23.2 Å². The second kappa shape index (κ2) is 7.12. The molecule has 0 heterocycles. The lowest BCUT2D eigenvalue weighted by Crippen LogP contribution is -2.19. The molecule has 0 saturated heterocycles. The topological polar surface area (TPSA) is 12.0 Å². The zero-order valence-corrected chi connectivity index (χ0v) is 13.3. The molecule has 2 aromatic carbocycles. The van der Waals surface area contributed by atoms with Crippen LogP contribution in [0.1, 0.15) is 31.9 Å². The molecule has 0 spiro atoms. The van der Waals surface area contributed by atoms with Gasteiger partial charge in [0.05, 0.1) is 0 Å². The molecule has 0 aliphatic carbocycles. The van der Waals surface area contributed by atoms with Gasteiger partial charge in [0.15, 0.2) is 0 Å². The number of hydrogen-bond acceptors (Lipinski definition) is 1. The molecule has 0 aliphatic heterocycles. The van der Waals surface area contributed by atoms with E-state index in [-0.39, 0.29) is 0 Å². The Bertz CT molecular complexity index is 581. The smallest absolute Gasteiger partial charge is 0.0499 e. The molecule has 1 atom stereocenters. The summed E-state index contributed by atoms with van der Waals surface area (Å²) in [4.78, 5) is 0. The summed E-state index contributed by atoms with van der Waals surface area (Å²) in [7, 11) is 0. The zero-order valence-electron chi connectivity index (χ0n) is 11.8. The molecule has 0 aliphatic rings. The fraction of sp³-hybridized carbons (Fsp3) is 0.294. The van der Waals surface area contributed by atoms with Crippen LogP contribution in [0.15, 0.2) is 42.5 Å². The summed E-state index contributed by atoms with van der Waals surface area (Å²) >= 11 is 12.2. The summed E-state index contributed by atoms with van der Waals surface area (Å²) < 4.78 is 0. The summed E-state index contributed by atoms with van der Waals surface area (Å²) in [6, 6.07) is 14.4. The van der Waals surface area contributed by atoms with Crippen molar-refractivity contribution < 1.29 is 0 Å². The Morgan fingerprint density at radius 3 is 2.60 bits per heavy atom. The van der Waals surface area contributed by atoms with E-state index in [4.69, 9.17) is 23.2 Å². The van der Waals surface area contributed by atoms with Crippen molar-refractivity contribution in [1.29, 1.82) is 0 Å². The maximum absolute atomic E-state index is 6.28. The Morgan fingerprint density at radius 1 is 1.10 bits per heavy atom. The Kier molecular flexibility index (Phi) is 5.47. The molecule has 0 bridgehead atoms. The SMILES string of the molecule is CCCNC(C)c1cccc(-c2ccc(Cl)cc2Cl)c1. The van der Waals surface area contributed by atoms with Crippen molar-refractivity contribution in [2.24, 2.45) is 0 Å². The molecule has 2 rings (SSSR count). The molecule has 0 amide bonds. The maximum Gasteiger partial charge on any atom is 0.0499 e. The fourth-order valence-electron chi connectivity index (χ4n) is 2.18. The maximum atomic E-state index is 6.28. The highest BCUT2D eigenvalue weighted by atomic mass is 35.5. The Hall–Kier alpha value is -1.02. The van der Waals surface area contributed by atoms with Crippen LogP contribution in [-0.2, 0) is 0 Å². The van der Waals surface area contributed by atoms with Crippen LogP contribution in [0.2, 0.25) is 10.0 Å². The molecular weight excluding hydrogens is 289 g/mol. The van der Waals surface area contributed by atoms with Gasteiger partial charge in [-0.05, 0) is 49.2 Å². The van der Waals surface area contributed by atoms with E-state index in [2.05, 4.69) is 43.4 Å². The number of hydrogen-bond donors (Lipinski definition) is 1. The molecule has 3 heteroatoms. The lowest BCUT2D eigenvalue weighted by atomic mass is 10.00. The highest BCUT2D eigenvalue weighted by molar-refractivity contribution is 6.36. The molecule has 2 aromatic rings. The lowest BCUT2D eigenvalue weighted by Gasteiger charge is -2.15. The summed E-state index contributed by atoms with van der Waals surface area (Å²) in [5.41, 5.74) is 3.40. The van der Waals surface area contributed by atoms with Crippen LogP contribution in [0.4, 0.5) is 0 Å². The third kappa shape index (κ3) is 3.76. The van der Waals surface area contributed by atoms with Crippen LogP contribution in [0.5, 0.6) is 0 Å². The normalized spacial score (nSPS) is 12.4. The van der Waals surface area contributed by atoms with E-state index in [1.54, 1.807) is 6.07 Å². The Balaban J connectivity index is 2.29. The third-order valence-electron chi connectivity index (χ3n) is 3.33.